The van der Waals surface area contributed by atoms with Crippen molar-refractivity contribution in [1.29, 1.82) is 0 Å². The number of carbonyl (C=O) groups is 3. The monoisotopic (exact) mass is 308 g/mol. The van der Waals surface area contributed by atoms with Gasteiger partial charge in [0, 0.05) is 10.9 Å². The Hall–Kier alpha value is -3.13. The Labute approximate surface area is 132 Å². The van der Waals surface area contributed by atoms with Crippen LogP contribution in [-0.4, -0.2) is 24.5 Å². The Bertz CT molecular complexity index is 878. The predicted molar refractivity (Wildman–Crippen MR) is 81.8 cm³/mol. The van der Waals surface area contributed by atoms with Gasteiger partial charge in [-0.2, -0.15) is 0 Å². The molecule has 0 unspecified atom stereocenters. The molecular weight excluding hydrogens is 296 g/mol. The summed E-state index contributed by atoms with van der Waals surface area (Å²) in [6.07, 6.45) is -0.0161. The standard InChI is InChI=1S/C18H12O5/c1-2-22-15(19)8-3-5-11-9-10-14-16-12(11)6-4-7-13(16)17(20)23-18(14)21/h4,6-7,9-10H,2,8H2,1H3. The molecule has 0 saturated heterocycles. The molecule has 0 radical (unpaired) electrons. The quantitative estimate of drug-likeness (QED) is 0.484. The summed E-state index contributed by atoms with van der Waals surface area (Å²) >= 11 is 0. The molecule has 0 amide bonds. The number of hydrogen-bond acceptors (Lipinski definition) is 5. The molecule has 2 aromatic rings. The third-order valence-electron chi connectivity index (χ3n) is 3.43. The molecule has 5 nitrogen and oxygen atoms in total. The summed E-state index contributed by atoms with van der Waals surface area (Å²) in [6, 6.07) is 8.35. The normalized spacial score (nSPS) is 12.4. The highest BCUT2D eigenvalue weighted by atomic mass is 16.6. The molecule has 1 heterocycles. The topological polar surface area (TPSA) is 69.7 Å². The minimum atomic E-state index is -0.662. The van der Waals surface area contributed by atoms with Crippen molar-refractivity contribution in [2.24, 2.45) is 0 Å². The second kappa shape index (κ2) is 5.93. The van der Waals surface area contributed by atoms with Crippen LogP contribution in [0.3, 0.4) is 0 Å². The minimum Gasteiger partial charge on any atom is -0.465 e. The maximum absolute atomic E-state index is 11.8. The molecule has 0 aromatic heterocycles. The van der Waals surface area contributed by atoms with Gasteiger partial charge < -0.3 is 9.47 Å². The first-order valence-electron chi connectivity index (χ1n) is 7.08. The van der Waals surface area contributed by atoms with Gasteiger partial charge in [-0.3, -0.25) is 4.79 Å². The fourth-order valence-electron chi connectivity index (χ4n) is 2.47. The fourth-order valence-corrected chi connectivity index (χ4v) is 2.47. The average molecular weight is 308 g/mol. The molecule has 0 saturated carbocycles. The molecule has 0 fully saturated rings. The van der Waals surface area contributed by atoms with E-state index >= 15 is 0 Å². The molecule has 0 bridgehead atoms. The van der Waals surface area contributed by atoms with Crippen molar-refractivity contribution in [2.75, 3.05) is 6.61 Å². The molecule has 1 aliphatic heterocycles. The number of hydrogen-bond donors (Lipinski definition) is 0. The van der Waals surface area contributed by atoms with E-state index in [4.69, 9.17) is 9.47 Å². The highest BCUT2D eigenvalue weighted by Gasteiger charge is 2.27. The van der Waals surface area contributed by atoms with Crippen LogP contribution in [0.5, 0.6) is 0 Å². The van der Waals surface area contributed by atoms with Crippen LogP contribution in [0.2, 0.25) is 0 Å². The fraction of sp³-hybridized carbons (Fsp3) is 0.167. The summed E-state index contributed by atoms with van der Waals surface area (Å²) in [4.78, 5) is 35.0. The van der Waals surface area contributed by atoms with Crippen molar-refractivity contribution >= 4 is 28.7 Å². The third kappa shape index (κ3) is 2.67. The van der Waals surface area contributed by atoms with E-state index in [1.807, 2.05) is 0 Å². The van der Waals surface area contributed by atoms with Crippen LogP contribution in [0.15, 0.2) is 30.3 Å². The summed E-state index contributed by atoms with van der Waals surface area (Å²) in [6.45, 7) is 2.04. The zero-order chi connectivity index (χ0) is 16.4. The summed E-state index contributed by atoms with van der Waals surface area (Å²) in [5, 5.41) is 1.22. The van der Waals surface area contributed by atoms with Crippen LogP contribution in [-0.2, 0) is 14.3 Å². The number of benzene rings is 2. The number of esters is 3. The van der Waals surface area contributed by atoms with E-state index in [-0.39, 0.29) is 12.4 Å². The molecule has 0 spiro atoms. The van der Waals surface area contributed by atoms with Gasteiger partial charge in [-0.05, 0) is 30.5 Å². The minimum absolute atomic E-state index is 0.0161. The van der Waals surface area contributed by atoms with Gasteiger partial charge in [-0.25, -0.2) is 9.59 Å². The molecule has 5 heteroatoms. The second-order valence-electron chi connectivity index (χ2n) is 4.85. The van der Waals surface area contributed by atoms with E-state index in [0.29, 0.717) is 34.1 Å². The van der Waals surface area contributed by atoms with Crippen molar-refractivity contribution in [1.82, 2.24) is 0 Å². The molecular formula is C18H12O5. The maximum Gasteiger partial charge on any atom is 0.346 e. The summed E-state index contributed by atoms with van der Waals surface area (Å²) in [5.74, 6) is 3.93. The molecule has 1 aliphatic rings. The first-order chi connectivity index (χ1) is 11.1. The predicted octanol–water partition coefficient (Wildman–Crippen LogP) is 2.46. The van der Waals surface area contributed by atoms with Gasteiger partial charge >= 0.3 is 17.9 Å². The lowest BCUT2D eigenvalue weighted by Gasteiger charge is -2.15. The van der Waals surface area contributed by atoms with E-state index in [0.717, 1.165) is 0 Å². The van der Waals surface area contributed by atoms with E-state index in [2.05, 4.69) is 11.8 Å². The van der Waals surface area contributed by atoms with Crippen LogP contribution in [0.1, 0.15) is 39.6 Å². The Morgan fingerprint density at radius 1 is 1.13 bits per heavy atom. The summed E-state index contributed by atoms with van der Waals surface area (Å²) in [5.41, 5.74) is 1.31. The highest BCUT2D eigenvalue weighted by Crippen LogP contribution is 2.30. The van der Waals surface area contributed by atoms with Gasteiger partial charge in [0.1, 0.15) is 6.42 Å². The van der Waals surface area contributed by atoms with Gasteiger partial charge in [-0.15, -0.1) is 0 Å². The highest BCUT2D eigenvalue weighted by molar-refractivity contribution is 6.21. The first-order valence-corrected chi connectivity index (χ1v) is 7.08. The number of ether oxygens (including phenoxy) is 2. The van der Waals surface area contributed by atoms with Crippen molar-refractivity contribution in [3.05, 3.63) is 47.0 Å². The molecule has 3 rings (SSSR count). The van der Waals surface area contributed by atoms with Gasteiger partial charge in [0.25, 0.3) is 0 Å². The van der Waals surface area contributed by atoms with E-state index in [9.17, 15) is 14.4 Å². The summed E-state index contributed by atoms with van der Waals surface area (Å²) in [7, 11) is 0. The first kappa shape index (κ1) is 14.8. The second-order valence-corrected chi connectivity index (χ2v) is 4.85. The zero-order valence-corrected chi connectivity index (χ0v) is 12.3. The average Bonchev–Trinajstić information content (AvgIpc) is 2.53. The van der Waals surface area contributed by atoms with Crippen molar-refractivity contribution in [3.8, 4) is 11.8 Å². The Morgan fingerprint density at radius 2 is 1.87 bits per heavy atom. The number of carbonyl (C=O) groups excluding carboxylic acids is 3. The third-order valence-corrected chi connectivity index (χ3v) is 3.43. The van der Waals surface area contributed by atoms with Gasteiger partial charge in [-0.1, -0.05) is 24.0 Å². The Balaban J connectivity index is 2.07. The SMILES string of the molecule is CCOC(=O)CC#Cc1ccc2c3c(cccc13)C(=O)OC2=O. The lowest BCUT2D eigenvalue weighted by Crippen LogP contribution is -2.19. The van der Waals surface area contributed by atoms with E-state index in [1.165, 1.54) is 0 Å². The van der Waals surface area contributed by atoms with Gasteiger partial charge in [0.15, 0.2) is 0 Å². The van der Waals surface area contributed by atoms with Crippen molar-refractivity contribution in [2.45, 2.75) is 13.3 Å². The molecule has 0 N–H and O–H groups in total. The molecule has 2 aromatic carbocycles. The Kier molecular flexibility index (Phi) is 3.82. The molecule has 0 atom stereocenters. The molecule has 0 aliphatic carbocycles. The van der Waals surface area contributed by atoms with Crippen LogP contribution >= 0.6 is 0 Å². The van der Waals surface area contributed by atoms with Gasteiger partial charge in [0.2, 0.25) is 0 Å². The van der Waals surface area contributed by atoms with Crippen LogP contribution in [0.25, 0.3) is 10.8 Å². The van der Waals surface area contributed by atoms with Crippen molar-refractivity contribution in [3.63, 3.8) is 0 Å². The van der Waals surface area contributed by atoms with E-state index < -0.39 is 11.9 Å². The van der Waals surface area contributed by atoms with Crippen molar-refractivity contribution < 1.29 is 23.9 Å². The van der Waals surface area contributed by atoms with Crippen LogP contribution in [0, 0.1) is 11.8 Å². The van der Waals surface area contributed by atoms with Crippen LogP contribution in [0.4, 0.5) is 0 Å². The zero-order valence-electron chi connectivity index (χ0n) is 12.3. The number of cyclic esters (lactones) is 2. The van der Waals surface area contributed by atoms with Gasteiger partial charge in [0.05, 0.1) is 17.7 Å². The van der Waals surface area contributed by atoms with E-state index in [1.54, 1.807) is 37.3 Å². The molecule has 23 heavy (non-hydrogen) atoms. The lowest BCUT2D eigenvalue weighted by atomic mass is 9.94. The lowest BCUT2D eigenvalue weighted by molar-refractivity contribution is -0.141. The number of rotatable bonds is 2. The summed E-state index contributed by atoms with van der Waals surface area (Å²) < 4.78 is 9.52. The maximum atomic E-state index is 11.8. The van der Waals surface area contributed by atoms with Crippen LogP contribution < -0.4 is 0 Å². The molecule has 114 valence electrons. The Morgan fingerprint density at radius 3 is 2.61 bits per heavy atom. The largest absolute Gasteiger partial charge is 0.465 e. The smallest absolute Gasteiger partial charge is 0.346 e.